The summed E-state index contributed by atoms with van der Waals surface area (Å²) < 4.78 is 10.9. The number of carbonyl (C=O) groups excluding carboxylic acids is 2. The fourth-order valence-corrected chi connectivity index (χ4v) is 4.93. The Morgan fingerprint density at radius 1 is 1.12 bits per heavy atom. The van der Waals surface area contributed by atoms with Crippen LogP contribution in [0.5, 0.6) is 5.75 Å². The Morgan fingerprint density at radius 3 is 2.56 bits per heavy atom. The summed E-state index contributed by atoms with van der Waals surface area (Å²) in [5.41, 5.74) is 1.25. The van der Waals surface area contributed by atoms with Crippen LogP contribution < -0.4 is 15.4 Å². The highest BCUT2D eigenvalue weighted by molar-refractivity contribution is 5.77. The van der Waals surface area contributed by atoms with Gasteiger partial charge in [0.1, 0.15) is 5.75 Å². The normalized spacial score (nSPS) is 23.3. The molecule has 2 aliphatic rings. The minimum atomic E-state index is -0.112. The molecule has 1 aliphatic heterocycles. The lowest BCUT2D eigenvalue weighted by atomic mass is 9.69. The van der Waals surface area contributed by atoms with Gasteiger partial charge in [-0.05, 0) is 49.1 Å². The molecule has 0 bridgehead atoms. The van der Waals surface area contributed by atoms with Gasteiger partial charge in [0.05, 0.1) is 13.2 Å². The predicted molar refractivity (Wildman–Crippen MR) is 134 cm³/mol. The molecule has 0 radical (unpaired) electrons. The molecule has 0 unspecified atom stereocenters. The SMILES string of the molecule is CC1=C[C@@H](CNC(=O)COc2ccccc2)[C@H](C(C)C)C[C@H]1CC(=O)NCCN1CCOCC1. The fourth-order valence-electron chi connectivity index (χ4n) is 4.93. The van der Waals surface area contributed by atoms with Crippen molar-refractivity contribution >= 4 is 11.8 Å². The maximum Gasteiger partial charge on any atom is 0.257 e. The summed E-state index contributed by atoms with van der Waals surface area (Å²) in [4.78, 5) is 27.3. The van der Waals surface area contributed by atoms with E-state index in [1.807, 2.05) is 30.3 Å². The van der Waals surface area contributed by atoms with E-state index in [0.717, 1.165) is 39.3 Å². The summed E-state index contributed by atoms with van der Waals surface area (Å²) in [5, 5.41) is 6.14. The van der Waals surface area contributed by atoms with Gasteiger partial charge in [0, 0.05) is 39.1 Å². The predicted octanol–water partition coefficient (Wildman–Crippen LogP) is 2.87. The fraction of sp³-hybridized carbons (Fsp3) is 0.630. The summed E-state index contributed by atoms with van der Waals surface area (Å²) in [5.74, 6) is 2.11. The van der Waals surface area contributed by atoms with Crippen molar-refractivity contribution < 1.29 is 19.1 Å². The molecular weight excluding hydrogens is 430 g/mol. The maximum absolute atomic E-state index is 12.6. The largest absolute Gasteiger partial charge is 0.484 e. The molecule has 0 aromatic heterocycles. The lowest BCUT2D eigenvalue weighted by molar-refractivity contribution is -0.123. The molecule has 1 aromatic rings. The smallest absolute Gasteiger partial charge is 0.257 e. The number of morpholine rings is 1. The van der Waals surface area contributed by atoms with Gasteiger partial charge in [-0.25, -0.2) is 0 Å². The topological polar surface area (TPSA) is 79.9 Å². The van der Waals surface area contributed by atoms with Gasteiger partial charge in [-0.1, -0.05) is 43.7 Å². The molecule has 3 rings (SSSR count). The van der Waals surface area contributed by atoms with Crippen LogP contribution in [-0.4, -0.2) is 69.3 Å². The van der Waals surface area contributed by atoms with Crippen molar-refractivity contribution in [3.63, 3.8) is 0 Å². The third-order valence-electron chi connectivity index (χ3n) is 7.02. The van der Waals surface area contributed by atoms with E-state index in [-0.39, 0.29) is 30.3 Å². The zero-order chi connectivity index (χ0) is 24.3. The van der Waals surface area contributed by atoms with Gasteiger partial charge in [0.15, 0.2) is 6.61 Å². The first kappa shape index (κ1) is 26.2. The van der Waals surface area contributed by atoms with Crippen LogP contribution in [0.15, 0.2) is 42.0 Å². The molecule has 0 saturated carbocycles. The maximum atomic E-state index is 12.6. The Labute approximate surface area is 204 Å². The second-order valence-electron chi connectivity index (χ2n) is 9.83. The average Bonchev–Trinajstić information content (AvgIpc) is 2.84. The first-order chi connectivity index (χ1) is 16.4. The van der Waals surface area contributed by atoms with Crippen LogP contribution in [0.1, 0.15) is 33.6 Å². The summed E-state index contributed by atoms with van der Waals surface area (Å²) >= 11 is 0. The van der Waals surface area contributed by atoms with Crippen molar-refractivity contribution in [3.05, 3.63) is 42.0 Å². The van der Waals surface area contributed by atoms with Crippen molar-refractivity contribution in [1.29, 1.82) is 0 Å². The Hall–Kier alpha value is -2.38. The minimum Gasteiger partial charge on any atom is -0.484 e. The standard InChI is InChI=1S/C27H41N3O4/c1-20(2)25-16-22(17-26(31)28-9-10-30-11-13-33-14-12-30)21(3)15-23(25)18-29-27(32)19-34-24-7-5-4-6-8-24/h4-8,15,20,22-23,25H,9-14,16-19H2,1-3H3,(H,28,31)(H,29,32)/t22-,23-,25-/m0/s1. The first-order valence-electron chi connectivity index (χ1n) is 12.6. The quantitative estimate of drug-likeness (QED) is 0.485. The van der Waals surface area contributed by atoms with Gasteiger partial charge >= 0.3 is 0 Å². The summed E-state index contributed by atoms with van der Waals surface area (Å²) in [7, 11) is 0. The zero-order valence-electron chi connectivity index (χ0n) is 20.9. The second kappa shape index (κ2) is 13.5. The van der Waals surface area contributed by atoms with E-state index in [1.54, 1.807) is 0 Å². The molecule has 1 aromatic carbocycles. The highest BCUT2D eigenvalue weighted by Crippen LogP contribution is 2.38. The van der Waals surface area contributed by atoms with Gasteiger partial charge in [0.2, 0.25) is 5.91 Å². The number of nitrogens with one attached hydrogen (secondary N) is 2. The molecule has 7 heteroatoms. The van der Waals surface area contributed by atoms with Gasteiger partial charge in [0.25, 0.3) is 5.91 Å². The number of allylic oxidation sites excluding steroid dienone is 1. The van der Waals surface area contributed by atoms with Crippen molar-refractivity contribution in [1.82, 2.24) is 15.5 Å². The van der Waals surface area contributed by atoms with Crippen molar-refractivity contribution in [2.45, 2.75) is 33.6 Å². The molecule has 34 heavy (non-hydrogen) atoms. The van der Waals surface area contributed by atoms with Crippen LogP contribution in [0.2, 0.25) is 0 Å². The summed E-state index contributed by atoms with van der Waals surface area (Å²) in [6.45, 7) is 12.2. The Balaban J connectivity index is 1.44. The highest BCUT2D eigenvalue weighted by atomic mass is 16.5. The number of hydrogen-bond donors (Lipinski definition) is 2. The van der Waals surface area contributed by atoms with Crippen LogP contribution in [-0.2, 0) is 14.3 Å². The second-order valence-corrected chi connectivity index (χ2v) is 9.83. The number of para-hydroxylation sites is 1. The lowest BCUT2D eigenvalue weighted by Gasteiger charge is -2.37. The van der Waals surface area contributed by atoms with Gasteiger partial charge in [-0.15, -0.1) is 0 Å². The van der Waals surface area contributed by atoms with E-state index in [4.69, 9.17) is 9.47 Å². The number of hydrogen-bond acceptors (Lipinski definition) is 5. The van der Waals surface area contributed by atoms with E-state index in [9.17, 15) is 9.59 Å². The van der Waals surface area contributed by atoms with Crippen LogP contribution in [0, 0.1) is 23.7 Å². The molecular formula is C27H41N3O4. The highest BCUT2D eigenvalue weighted by Gasteiger charge is 2.32. The Morgan fingerprint density at radius 2 is 1.85 bits per heavy atom. The Kier molecular flexibility index (Phi) is 10.4. The van der Waals surface area contributed by atoms with E-state index in [1.165, 1.54) is 5.57 Å². The minimum absolute atomic E-state index is 0.0129. The monoisotopic (exact) mass is 471 g/mol. The molecule has 188 valence electrons. The molecule has 3 atom stereocenters. The van der Waals surface area contributed by atoms with E-state index >= 15 is 0 Å². The van der Waals surface area contributed by atoms with Gasteiger partial charge in [-0.2, -0.15) is 0 Å². The van der Waals surface area contributed by atoms with Crippen LogP contribution in [0.25, 0.3) is 0 Å². The number of rotatable bonds is 11. The number of ether oxygens (including phenoxy) is 2. The van der Waals surface area contributed by atoms with Crippen LogP contribution in [0.4, 0.5) is 0 Å². The van der Waals surface area contributed by atoms with Crippen molar-refractivity contribution in [2.24, 2.45) is 23.7 Å². The molecule has 2 amide bonds. The average molecular weight is 472 g/mol. The Bertz CT molecular complexity index is 805. The number of carbonyl (C=O) groups is 2. The third kappa shape index (κ3) is 8.44. The third-order valence-corrected chi connectivity index (χ3v) is 7.02. The number of benzene rings is 1. The molecule has 1 heterocycles. The summed E-state index contributed by atoms with van der Waals surface area (Å²) in [6.07, 6.45) is 3.77. The molecule has 1 saturated heterocycles. The van der Waals surface area contributed by atoms with E-state index in [2.05, 4.69) is 42.4 Å². The molecule has 0 spiro atoms. The molecule has 1 fully saturated rings. The van der Waals surface area contributed by atoms with Crippen LogP contribution in [0.3, 0.4) is 0 Å². The van der Waals surface area contributed by atoms with Crippen molar-refractivity contribution in [2.75, 3.05) is 52.5 Å². The van der Waals surface area contributed by atoms with E-state index in [0.29, 0.717) is 37.1 Å². The van der Waals surface area contributed by atoms with Gasteiger partial charge in [-0.3, -0.25) is 14.5 Å². The summed E-state index contributed by atoms with van der Waals surface area (Å²) in [6, 6.07) is 9.37. The van der Waals surface area contributed by atoms with Crippen molar-refractivity contribution in [3.8, 4) is 5.75 Å². The van der Waals surface area contributed by atoms with Gasteiger partial charge < -0.3 is 20.1 Å². The lowest BCUT2D eigenvalue weighted by Crippen LogP contribution is -2.42. The van der Waals surface area contributed by atoms with E-state index < -0.39 is 0 Å². The molecule has 2 N–H and O–H groups in total. The number of amides is 2. The zero-order valence-corrected chi connectivity index (χ0v) is 20.9. The molecule has 7 nitrogen and oxygen atoms in total. The van der Waals surface area contributed by atoms with Crippen LogP contribution >= 0.6 is 0 Å². The first-order valence-corrected chi connectivity index (χ1v) is 12.6. The number of nitrogens with zero attached hydrogens (tertiary/aromatic N) is 1. The molecule has 1 aliphatic carbocycles.